The molecular weight excluding hydrogens is 337 g/mol. The number of ether oxygens (including phenoxy) is 2. The van der Waals surface area contributed by atoms with E-state index in [9.17, 15) is 4.79 Å². The molecule has 0 spiro atoms. The Kier molecular flexibility index (Phi) is 4.74. The molecule has 0 saturated carbocycles. The summed E-state index contributed by atoms with van der Waals surface area (Å²) in [6.07, 6.45) is 3.04. The molecule has 0 unspecified atom stereocenters. The molecular formula is C17H13Cl2NO3. The molecule has 1 amide bonds. The number of fused-ring (bicyclic) bond motifs is 1. The maximum absolute atomic E-state index is 12.0. The van der Waals surface area contributed by atoms with Gasteiger partial charge in [0.2, 0.25) is 5.91 Å². The highest BCUT2D eigenvalue weighted by Crippen LogP contribution is 2.32. The number of amides is 1. The first-order chi connectivity index (χ1) is 11.1. The second-order valence-corrected chi connectivity index (χ2v) is 5.69. The second kappa shape index (κ2) is 6.94. The van der Waals surface area contributed by atoms with Gasteiger partial charge in [-0.2, -0.15) is 0 Å². The summed E-state index contributed by atoms with van der Waals surface area (Å²) in [5.74, 6) is 1.03. The fraction of sp³-hybridized carbons (Fsp3) is 0.118. The van der Waals surface area contributed by atoms with E-state index < -0.39 is 0 Å². The van der Waals surface area contributed by atoms with Crippen LogP contribution in [0.4, 0.5) is 5.69 Å². The first-order valence-electron chi connectivity index (χ1n) is 6.95. The molecule has 1 N–H and O–H groups in total. The molecule has 0 bridgehead atoms. The minimum atomic E-state index is -0.271. The van der Waals surface area contributed by atoms with Gasteiger partial charge < -0.3 is 14.8 Å². The lowest BCUT2D eigenvalue weighted by atomic mass is 10.2. The standard InChI is InChI=1S/C17H13Cl2NO3/c18-12-3-1-11(14(19)9-12)2-6-17(21)20-13-4-5-15-16(10-13)23-8-7-22-15/h1-6,9-10H,7-8H2,(H,20,21)/b6-2+. The van der Waals surface area contributed by atoms with Crippen LogP contribution in [0.25, 0.3) is 6.08 Å². The molecule has 1 heterocycles. The summed E-state index contributed by atoms with van der Waals surface area (Å²) in [4.78, 5) is 12.0. The molecule has 0 saturated heterocycles. The van der Waals surface area contributed by atoms with Crippen LogP contribution in [0.1, 0.15) is 5.56 Å². The van der Waals surface area contributed by atoms with Gasteiger partial charge in [-0.3, -0.25) is 4.79 Å². The number of carbonyl (C=O) groups is 1. The number of anilines is 1. The minimum absolute atomic E-state index is 0.271. The fourth-order valence-corrected chi connectivity index (χ4v) is 2.58. The third-order valence-electron chi connectivity index (χ3n) is 3.19. The number of rotatable bonds is 3. The minimum Gasteiger partial charge on any atom is -0.486 e. The van der Waals surface area contributed by atoms with Crippen molar-refractivity contribution in [3.05, 3.63) is 58.1 Å². The zero-order chi connectivity index (χ0) is 16.2. The molecule has 4 nitrogen and oxygen atoms in total. The molecule has 118 valence electrons. The van der Waals surface area contributed by atoms with E-state index in [1.165, 1.54) is 6.08 Å². The molecule has 2 aromatic rings. The average molecular weight is 350 g/mol. The van der Waals surface area contributed by atoms with E-state index in [2.05, 4.69) is 5.32 Å². The molecule has 2 aromatic carbocycles. The van der Waals surface area contributed by atoms with Crippen molar-refractivity contribution in [3.63, 3.8) is 0 Å². The van der Waals surface area contributed by atoms with Gasteiger partial charge in [0.25, 0.3) is 0 Å². The molecule has 3 rings (SSSR count). The van der Waals surface area contributed by atoms with Gasteiger partial charge in [-0.15, -0.1) is 0 Å². The van der Waals surface area contributed by atoms with Crippen molar-refractivity contribution in [1.82, 2.24) is 0 Å². The van der Waals surface area contributed by atoms with Gasteiger partial charge in [-0.25, -0.2) is 0 Å². The Balaban J connectivity index is 1.68. The second-order valence-electron chi connectivity index (χ2n) is 4.85. The summed E-state index contributed by atoms with van der Waals surface area (Å²) < 4.78 is 10.9. The van der Waals surface area contributed by atoms with Crippen molar-refractivity contribution in [2.24, 2.45) is 0 Å². The molecule has 0 aliphatic carbocycles. The van der Waals surface area contributed by atoms with Crippen molar-refractivity contribution < 1.29 is 14.3 Å². The van der Waals surface area contributed by atoms with Crippen LogP contribution in [-0.2, 0) is 4.79 Å². The molecule has 1 aliphatic heterocycles. The number of carbonyl (C=O) groups excluding carboxylic acids is 1. The van der Waals surface area contributed by atoms with Gasteiger partial charge >= 0.3 is 0 Å². The Bertz CT molecular complexity index is 774. The van der Waals surface area contributed by atoms with E-state index >= 15 is 0 Å². The summed E-state index contributed by atoms with van der Waals surface area (Å²) >= 11 is 11.9. The normalized spacial score (nSPS) is 13.1. The topological polar surface area (TPSA) is 47.6 Å². The Hall–Kier alpha value is -2.17. The summed E-state index contributed by atoms with van der Waals surface area (Å²) in [5.41, 5.74) is 1.35. The highest BCUT2D eigenvalue weighted by Gasteiger charge is 2.12. The van der Waals surface area contributed by atoms with Crippen LogP contribution in [0, 0.1) is 0 Å². The van der Waals surface area contributed by atoms with Crippen molar-refractivity contribution in [3.8, 4) is 11.5 Å². The summed E-state index contributed by atoms with van der Waals surface area (Å²) in [6, 6.07) is 10.3. The maximum Gasteiger partial charge on any atom is 0.248 e. The van der Waals surface area contributed by atoms with Crippen molar-refractivity contribution in [2.75, 3.05) is 18.5 Å². The molecule has 0 fully saturated rings. The van der Waals surface area contributed by atoms with Crippen LogP contribution in [-0.4, -0.2) is 19.1 Å². The average Bonchev–Trinajstić information content (AvgIpc) is 2.54. The lowest BCUT2D eigenvalue weighted by Gasteiger charge is -2.18. The van der Waals surface area contributed by atoms with Crippen molar-refractivity contribution in [2.45, 2.75) is 0 Å². The zero-order valence-electron chi connectivity index (χ0n) is 12.0. The van der Waals surface area contributed by atoms with Crippen molar-refractivity contribution >= 4 is 40.9 Å². The monoisotopic (exact) mass is 349 g/mol. The van der Waals surface area contributed by atoms with E-state index in [4.69, 9.17) is 32.7 Å². The van der Waals surface area contributed by atoms with E-state index in [-0.39, 0.29) is 5.91 Å². The fourth-order valence-electron chi connectivity index (χ4n) is 2.11. The predicted molar refractivity (Wildman–Crippen MR) is 91.6 cm³/mol. The Labute approximate surface area is 143 Å². The number of halogens is 2. The summed E-state index contributed by atoms with van der Waals surface area (Å²) in [6.45, 7) is 1.03. The first kappa shape index (κ1) is 15.7. The van der Waals surface area contributed by atoms with Crippen LogP contribution in [0.2, 0.25) is 10.0 Å². The van der Waals surface area contributed by atoms with Crippen LogP contribution in [0.5, 0.6) is 11.5 Å². The zero-order valence-corrected chi connectivity index (χ0v) is 13.5. The number of hydrogen-bond donors (Lipinski definition) is 1. The SMILES string of the molecule is O=C(/C=C/c1ccc(Cl)cc1Cl)Nc1ccc2c(c1)OCCO2. The number of benzene rings is 2. The quantitative estimate of drug-likeness (QED) is 0.834. The van der Waals surface area contributed by atoms with Gasteiger partial charge in [0.15, 0.2) is 11.5 Å². The van der Waals surface area contributed by atoms with Crippen LogP contribution >= 0.6 is 23.2 Å². The van der Waals surface area contributed by atoms with Gasteiger partial charge in [-0.05, 0) is 35.9 Å². The molecule has 23 heavy (non-hydrogen) atoms. The molecule has 0 atom stereocenters. The molecule has 6 heteroatoms. The number of hydrogen-bond acceptors (Lipinski definition) is 3. The van der Waals surface area contributed by atoms with Gasteiger partial charge in [0.1, 0.15) is 13.2 Å². The number of nitrogens with one attached hydrogen (secondary N) is 1. The van der Waals surface area contributed by atoms with E-state index in [1.54, 1.807) is 42.5 Å². The Morgan fingerprint density at radius 1 is 1.04 bits per heavy atom. The molecule has 0 aromatic heterocycles. The predicted octanol–water partition coefficient (Wildman–Crippen LogP) is 4.42. The largest absolute Gasteiger partial charge is 0.486 e. The smallest absolute Gasteiger partial charge is 0.248 e. The lowest BCUT2D eigenvalue weighted by molar-refractivity contribution is -0.111. The third kappa shape index (κ3) is 3.97. The van der Waals surface area contributed by atoms with Crippen molar-refractivity contribution in [1.29, 1.82) is 0 Å². The van der Waals surface area contributed by atoms with E-state index in [1.807, 2.05) is 0 Å². The van der Waals surface area contributed by atoms with Crippen LogP contribution < -0.4 is 14.8 Å². The van der Waals surface area contributed by atoms with Gasteiger partial charge in [0.05, 0.1) is 0 Å². The van der Waals surface area contributed by atoms with E-state index in [0.717, 1.165) is 0 Å². The van der Waals surface area contributed by atoms with Gasteiger partial charge in [-0.1, -0.05) is 29.3 Å². The highest BCUT2D eigenvalue weighted by molar-refractivity contribution is 6.35. The summed E-state index contributed by atoms with van der Waals surface area (Å²) in [7, 11) is 0. The van der Waals surface area contributed by atoms with Crippen LogP contribution in [0.15, 0.2) is 42.5 Å². The Morgan fingerprint density at radius 3 is 2.61 bits per heavy atom. The maximum atomic E-state index is 12.0. The molecule has 0 radical (unpaired) electrons. The van der Waals surface area contributed by atoms with Gasteiger partial charge in [0, 0.05) is 27.9 Å². The first-order valence-corrected chi connectivity index (χ1v) is 7.71. The van der Waals surface area contributed by atoms with E-state index in [0.29, 0.717) is 46.0 Å². The third-order valence-corrected chi connectivity index (χ3v) is 3.75. The highest BCUT2D eigenvalue weighted by atomic mass is 35.5. The van der Waals surface area contributed by atoms with Crippen LogP contribution in [0.3, 0.4) is 0 Å². The Morgan fingerprint density at radius 2 is 1.83 bits per heavy atom. The summed E-state index contributed by atoms with van der Waals surface area (Å²) in [5, 5.41) is 3.80. The lowest BCUT2D eigenvalue weighted by Crippen LogP contribution is -2.16. The molecule has 1 aliphatic rings.